The number of thiazole rings is 1. The molecule has 0 radical (unpaired) electrons. The summed E-state index contributed by atoms with van der Waals surface area (Å²) in [5.41, 5.74) is 2.49. The summed E-state index contributed by atoms with van der Waals surface area (Å²) in [6.45, 7) is 16.8. The Kier molecular flexibility index (Phi) is 11.9. The zero-order chi connectivity index (χ0) is 31.2. The number of anilines is 1. The van der Waals surface area contributed by atoms with Crippen LogP contribution >= 0.6 is 39.0 Å². The third-order valence-corrected chi connectivity index (χ3v) is 15.0. The van der Waals surface area contributed by atoms with Gasteiger partial charge in [0.1, 0.15) is 17.5 Å². The molecule has 0 aliphatic heterocycles. The van der Waals surface area contributed by atoms with Gasteiger partial charge in [-0.2, -0.15) is 16.7 Å². The van der Waals surface area contributed by atoms with Gasteiger partial charge in [0.05, 0.1) is 18.4 Å². The van der Waals surface area contributed by atoms with Gasteiger partial charge in [0.15, 0.2) is 11.0 Å². The van der Waals surface area contributed by atoms with Gasteiger partial charge in [-0.25, -0.2) is 9.78 Å². The van der Waals surface area contributed by atoms with Crippen molar-refractivity contribution in [1.29, 1.82) is 0 Å². The lowest BCUT2D eigenvalue weighted by molar-refractivity contribution is 0.0694. The predicted octanol–water partition coefficient (Wildman–Crippen LogP) is 8.28. The maximum atomic E-state index is 12.6. The smallest absolute Gasteiger partial charge is 0.336 e. The molecule has 232 valence electrons. The van der Waals surface area contributed by atoms with Crippen LogP contribution in [0, 0.1) is 19.8 Å². The van der Waals surface area contributed by atoms with Crippen molar-refractivity contribution in [1.82, 2.24) is 15.1 Å². The summed E-state index contributed by atoms with van der Waals surface area (Å²) in [6.07, 6.45) is 1.91. The van der Waals surface area contributed by atoms with Crippen molar-refractivity contribution in [3.05, 3.63) is 45.5 Å². The highest BCUT2D eigenvalue weighted by Crippen LogP contribution is 2.47. The van der Waals surface area contributed by atoms with E-state index in [0.717, 1.165) is 29.0 Å². The number of alkyl halides is 1. The number of carbonyl (C=O) groups is 1. The fourth-order valence-corrected chi connectivity index (χ4v) is 8.95. The van der Waals surface area contributed by atoms with Gasteiger partial charge in [-0.05, 0) is 50.7 Å². The summed E-state index contributed by atoms with van der Waals surface area (Å²) in [5.74, 6) is 2.42. The first-order valence-electron chi connectivity index (χ1n) is 14.0. The molecule has 0 amide bonds. The highest BCUT2D eigenvalue weighted by Gasteiger charge is 2.45. The minimum atomic E-state index is -2.36. The molecule has 1 unspecified atom stereocenters. The zero-order valence-corrected chi connectivity index (χ0v) is 30.2. The van der Waals surface area contributed by atoms with Gasteiger partial charge in [-0.15, -0.1) is 11.3 Å². The van der Waals surface area contributed by atoms with E-state index in [1.165, 1.54) is 0 Å². The van der Waals surface area contributed by atoms with Crippen LogP contribution in [0.4, 0.5) is 5.13 Å². The van der Waals surface area contributed by atoms with Crippen LogP contribution in [0.3, 0.4) is 0 Å². The van der Waals surface area contributed by atoms with Crippen LogP contribution in [0.2, 0.25) is 18.1 Å². The molecule has 1 aromatic carbocycles. The SMILES string of the molecule is COc1cc(O[Si](C)(C)C(C)(C)C(C)C)c(CSCC(Nc2nc(CCCBr)cs2)c2nc(C)no2)c(C(=O)O)c1C. The highest BCUT2D eigenvalue weighted by molar-refractivity contribution is 9.09. The van der Waals surface area contributed by atoms with Gasteiger partial charge in [0, 0.05) is 39.4 Å². The lowest BCUT2D eigenvalue weighted by Crippen LogP contribution is -2.48. The van der Waals surface area contributed by atoms with Crippen LogP contribution in [0.25, 0.3) is 0 Å². The number of carboxylic acids is 1. The Hall–Kier alpha value is -2.09. The van der Waals surface area contributed by atoms with Crippen molar-refractivity contribution < 1.29 is 23.6 Å². The number of thioether (sulfide) groups is 1. The average molecular weight is 700 g/mol. The van der Waals surface area contributed by atoms with E-state index in [1.807, 2.05) is 6.07 Å². The Morgan fingerprint density at radius 1 is 1.26 bits per heavy atom. The number of aryl methyl sites for hydroxylation is 2. The van der Waals surface area contributed by atoms with E-state index in [0.29, 0.717) is 51.8 Å². The lowest BCUT2D eigenvalue weighted by Gasteiger charge is -2.43. The number of carboxylic acid groups (broad SMARTS) is 1. The van der Waals surface area contributed by atoms with Gasteiger partial charge in [-0.3, -0.25) is 0 Å². The Labute approximate surface area is 266 Å². The Balaban J connectivity index is 1.93. The average Bonchev–Trinajstić information content (AvgIpc) is 3.56. The first kappa shape index (κ1) is 34.4. The van der Waals surface area contributed by atoms with Crippen molar-refractivity contribution in [3.63, 3.8) is 0 Å². The van der Waals surface area contributed by atoms with Crippen molar-refractivity contribution >= 4 is 58.4 Å². The van der Waals surface area contributed by atoms with Gasteiger partial charge < -0.3 is 24.1 Å². The highest BCUT2D eigenvalue weighted by atomic mass is 79.9. The molecule has 13 heteroatoms. The van der Waals surface area contributed by atoms with E-state index in [4.69, 9.17) is 18.7 Å². The van der Waals surface area contributed by atoms with Crippen LogP contribution in [0.1, 0.15) is 79.1 Å². The predicted molar refractivity (Wildman–Crippen MR) is 177 cm³/mol. The molecule has 3 aromatic rings. The topological polar surface area (TPSA) is 120 Å². The van der Waals surface area contributed by atoms with Crippen molar-refractivity contribution in [2.75, 3.05) is 23.5 Å². The van der Waals surface area contributed by atoms with Crippen LogP contribution in [0.5, 0.6) is 11.5 Å². The van der Waals surface area contributed by atoms with Crippen LogP contribution in [0.15, 0.2) is 16.0 Å². The van der Waals surface area contributed by atoms with E-state index in [1.54, 1.807) is 44.1 Å². The Morgan fingerprint density at radius 3 is 2.55 bits per heavy atom. The van der Waals surface area contributed by atoms with Crippen LogP contribution in [-0.4, -0.2) is 52.7 Å². The molecule has 3 rings (SSSR count). The minimum absolute atomic E-state index is 0.0647. The molecule has 0 spiro atoms. The molecule has 1 atom stereocenters. The second-order valence-electron chi connectivity index (χ2n) is 11.7. The molecule has 0 saturated carbocycles. The van der Waals surface area contributed by atoms with Crippen molar-refractivity contribution in [3.8, 4) is 11.5 Å². The molecule has 0 bridgehead atoms. The molecule has 0 aliphatic carbocycles. The summed E-state index contributed by atoms with van der Waals surface area (Å²) >= 11 is 6.60. The molecule has 2 N–H and O–H groups in total. The van der Waals surface area contributed by atoms with E-state index >= 15 is 0 Å². The monoisotopic (exact) mass is 698 g/mol. The fraction of sp³-hybridized carbons (Fsp3) is 0.586. The molecule has 0 fully saturated rings. The number of hydrogen-bond acceptors (Lipinski definition) is 10. The summed E-state index contributed by atoms with van der Waals surface area (Å²) in [5, 5.41) is 21.5. The number of aromatic nitrogens is 3. The maximum absolute atomic E-state index is 12.6. The molecule has 0 saturated heterocycles. The molecular weight excluding hydrogens is 656 g/mol. The first-order chi connectivity index (χ1) is 19.7. The number of hydrogen-bond donors (Lipinski definition) is 2. The number of aromatic carboxylic acids is 1. The molecule has 2 heterocycles. The maximum Gasteiger partial charge on any atom is 0.336 e. The normalized spacial score (nSPS) is 12.9. The second kappa shape index (κ2) is 14.6. The number of halogens is 1. The third kappa shape index (κ3) is 8.09. The number of benzene rings is 1. The van der Waals surface area contributed by atoms with E-state index in [2.05, 4.69) is 77.6 Å². The fourth-order valence-electron chi connectivity index (χ4n) is 4.42. The molecular formula is C29H43BrN4O5S2Si. The number of ether oxygens (including phenoxy) is 1. The Morgan fingerprint density at radius 2 is 1.98 bits per heavy atom. The van der Waals surface area contributed by atoms with E-state index < -0.39 is 14.3 Å². The largest absolute Gasteiger partial charge is 0.543 e. The van der Waals surface area contributed by atoms with Crippen molar-refractivity contribution in [2.24, 2.45) is 5.92 Å². The summed E-state index contributed by atoms with van der Waals surface area (Å²) in [4.78, 5) is 21.8. The number of methoxy groups -OCH3 is 1. The lowest BCUT2D eigenvalue weighted by atomic mass is 9.99. The van der Waals surface area contributed by atoms with Gasteiger partial charge in [-0.1, -0.05) is 48.8 Å². The quantitative estimate of drug-likeness (QED) is 0.112. The zero-order valence-electron chi connectivity index (χ0n) is 26.0. The first-order valence-corrected chi connectivity index (χ1v) is 20.1. The minimum Gasteiger partial charge on any atom is -0.543 e. The van der Waals surface area contributed by atoms with E-state index in [-0.39, 0.29) is 16.6 Å². The summed E-state index contributed by atoms with van der Waals surface area (Å²) < 4.78 is 18.0. The molecule has 9 nitrogen and oxygen atoms in total. The number of nitrogens with one attached hydrogen (secondary N) is 1. The van der Waals surface area contributed by atoms with Crippen LogP contribution in [-0.2, 0) is 12.2 Å². The second-order valence-corrected chi connectivity index (χ2v) is 18.9. The molecule has 42 heavy (non-hydrogen) atoms. The number of nitrogens with zero attached hydrogens (tertiary/aromatic N) is 3. The molecule has 0 aliphatic rings. The molecule has 2 aromatic heterocycles. The van der Waals surface area contributed by atoms with Crippen molar-refractivity contribution in [2.45, 2.75) is 84.3 Å². The van der Waals surface area contributed by atoms with Gasteiger partial charge in [0.25, 0.3) is 8.32 Å². The Bertz CT molecular complexity index is 1360. The number of rotatable bonds is 16. The standard InChI is InChI=1S/C29H43BrN4O5S2Si/c1-17(2)29(5,6)42(8,9)39-24-13-23(37-7)18(3)25(27(35)36)21(24)15-40-16-22(26-31-19(4)34-38-26)33-28-32-20(14-41-28)11-10-12-30/h13-14,17,22H,10-12,15-16H2,1-9H3,(H,32,33)(H,35,36). The van der Waals surface area contributed by atoms with Gasteiger partial charge in [0.2, 0.25) is 5.89 Å². The summed E-state index contributed by atoms with van der Waals surface area (Å²) in [7, 11) is -0.805. The van der Waals surface area contributed by atoms with Gasteiger partial charge >= 0.3 is 5.97 Å². The van der Waals surface area contributed by atoms with E-state index in [9.17, 15) is 9.90 Å². The summed E-state index contributed by atoms with van der Waals surface area (Å²) in [6, 6.07) is 1.54. The third-order valence-electron chi connectivity index (χ3n) is 8.19. The van der Waals surface area contributed by atoms with Crippen LogP contribution < -0.4 is 14.5 Å².